The Bertz CT molecular complexity index is 156. The van der Waals surface area contributed by atoms with E-state index >= 15 is 0 Å². The second-order valence-electron chi connectivity index (χ2n) is 4.64. The zero-order valence-corrected chi connectivity index (χ0v) is 9.14. The van der Waals surface area contributed by atoms with E-state index in [4.69, 9.17) is 10.2 Å². The van der Waals surface area contributed by atoms with Crippen LogP contribution in [-0.2, 0) is 0 Å². The molecule has 0 saturated heterocycles. The van der Waals surface area contributed by atoms with Crippen molar-refractivity contribution in [2.75, 3.05) is 6.61 Å². The molecule has 0 aromatic carbocycles. The summed E-state index contributed by atoms with van der Waals surface area (Å²) in [5, 5.41) is 37.1. The lowest BCUT2D eigenvalue weighted by atomic mass is 9.84. The molecule has 0 radical (unpaired) electrons. The molecule has 0 spiro atoms. The molecule has 0 aliphatic carbocycles. The minimum absolute atomic E-state index is 0.129. The Labute approximate surface area is 85.2 Å². The first-order valence-corrected chi connectivity index (χ1v) is 4.94. The maximum Gasteiger partial charge on any atom is 0.0637 e. The molecule has 0 aromatic rings. The third-order valence-corrected chi connectivity index (χ3v) is 2.42. The highest BCUT2D eigenvalue weighted by Crippen LogP contribution is 2.23. The molecule has 86 valence electrons. The minimum atomic E-state index is -0.763. The highest BCUT2D eigenvalue weighted by molar-refractivity contribution is 4.79. The summed E-state index contributed by atoms with van der Waals surface area (Å²) in [7, 11) is 0. The van der Waals surface area contributed by atoms with Crippen molar-refractivity contribution in [2.45, 2.75) is 51.9 Å². The topological polar surface area (TPSA) is 80.9 Å². The van der Waals surface area contributed by atoms with E-state index < -0.39 is 23.7 Å². The number of hydrogen-bond acceptors (Lipinski definition) is 4. The number of rotatable bonds is 6. The van der Waals surface area contributed by atoms with Crippen LogP contribution >= 0.6 is 0 Å². The fourth-order valence-corrected chi connectivity index (χ4v) is 1.17. The summed E-state index contributed by atoms with van der Waals surface area (Å²) in [6.45, 7) is 4.92. The van der Waals surface area contributed by atoms with Crippen molar-refractivity contribution in [1.29, 1.82) is 0 Å². The summed E-state index contributed by atoms with van der Waals surface area (Å²) in [5.41, 5.74) is -0.611. The molecule has 0 amide bonds. The monoisotopic (exact) mass is 206 g/mol. The molecule has 0 heterocycles. The van der Waals surface area contributed by atoms with Crippen molar-refractivity contribution < 1.29 is 20.4 Å². The Hall–Kier alpha value is -0.160. The molecule has 0 aliphatic heterocycles. The van der Waals surface area contributed by atoms with Crippen molar-refractivity contribution in [3.8, 4) is 0 Å². The van der Waals surface area contributed by atoms with Crippen LogP contribution in [0.1, 0.15) is 33.6 Å². The summed E-state index contributed by atoms with van der Waals surface area (Å²) in [6.07, 6.45) is -1.64. The summed E-state index contributed by atoms with van der Waals surface area (Å²) in [5.74, 6) is 0. The quantitative estimate of drug-likeness (QED) is 0.489. The first-order valence-electron chi connectivity index (χ1n) is 4.94. The molecule has 0 saturated carbocycles. The number of aliphatic hydroxyl groups excluding tert-OH is 4. The predicted molar refractivity (Wildman–Crippen MR) is 53.8 cm³/mol. The van der Waals surface area contributed by atoms with E-state index in [1.165, 1.54) is 0 Å². The molecular formula is C10H22O4. The van der Waals surface area contributed by atoms with Crippen molar-refractivity contribution >= 4 is 0 Å². The molecule has 3 atom stereocenters. The van der Waals surface area contributed by atoms with Gasteiger partial charge in [0.2, 0.25) is 0 Å². The van der Waals surface area contributed by atoms with Crippen LogP contribution in [0.2, 0.25) is 0 Å². The maximum atomic E-state index is 9.66. The molecule has 4 nitrogen and oxygen atoms in total. The van der Waals surface area contributed by atoms with E-state index in [2.05, 4.69) is 0 Å². The molecule has 0 rings (SSSR count). The van der Waals surface area contributed by atoms with Gasteiger partial charge < -0.3 is 20.4 Å². The summed E-state index contributed by atoms with van der Waals surface area (Å²) in [6, 6.07) is 0. The third kappa shape index (κ3) is 4.91. The Kier molecular flexibility index (Phi) is 5.59. The van der Waals surface area contributed by atoms with Gasteiger partial charge in [0.25, 0.3) is 0 Å². The van der Waals surface area contributed by atoms with Gasteiger partial charge in [0.05, 0.1) is 24.9 Å². The van der Waals surface area contributed by atoms with Crippen molar-refractivity contribution in [1.82, 2.24) is 0 Å². The van der Waals surface area contributed by atoms with Crippen molar-refractivity contribution in [3.63, 3.8) is 0 Å². The van der Waals surface area contributed by atoms with Crippen LogP contribution in [0.25, 0.3) is 0 Å². The van der Waals surface area contributed by atoms with E-state index in [9.17, 15) is 10.2 Å². The fraction of sp³-hybridized carbons (Fsp3) is 1.00. The molecule has 0 bridgehead atoms. The maximum absolute atomic E-state index is 9.66. The molecule has 4 N–H and O–H groups in total. The first kappa shape index (κ1) is 13.8. The van der Waals surface area contributed by atoms with Crippen molar-refractivity contribution in [2.24, 2.45) is 5.41 Å². The molecule has 0 fully saturated rings. The lowest BCUT2D eigenvalue weighted by Crippen LogP contribution is -2.36. The molecule has 0 aliphatic rings. The Balaban J connectivity index is 3.99. The van der Waals surface area contributed by atoms with Gasteiger partial charge in [-0.15, -0.1) is 0 Å². The minimum Gasteiger partial charge on any atom is -0.396 e. The largest absolute Gasteiger partial charge is 0.396 e. The van der Waals surface area contributed by atoms with Gasteiger partial charge in [0.1, 0.15) is 0 Å². The second kappa shape index (κ2) is 5.66. The lowest BCUT2D eigenvalue weighted by Gasteiger charge is -2.30. The van der Waals surface area contributed by atoms with Gasteiger partial charge in [-0.3, -0.25) is 0 Å². The van der Waals surface area contributed by atoms with Crippen molar-refractivity contribution in [3.05, 3.63) is 0 Å². The third-order valence-electron chi connectivity index (χ3n) is 2.42. The summed E-state index contributed by atoms with van der Waals surface area (Å²) < 4.78 is 0. The average Bonchev–Trinajstić information content (AvgIpc) is 2.02. The van der Waals surface area contributed by atoms with Gasteiger partial charge in [0, 0.05) is 5.41 Å². The lowest BCUT2D eigenvalue weighted by molar-refractivity contribution is -0.0305. The summed E-state index contributed by atoms with van der Waals surface area (Å²) in [4.78, 5) is 0. The van der Waals surface area contributed by atoms with Crippen LogP contribution in [0.5, 0.6) is 0 Å². The first-order chi connectivity index (χ1) is 6.29. The van der Waals surface area contributed by atoms with Crippen LogP contribution in [-0.4, -0.2) is 45.3 Å². The van der Waals surface area contributed by atoms with E-state index in [1.807, 2.05) is 0 Å². The van der Waals surface area contributed by atoms with E-state index in [0.29, 0.717) is 0 Å². The molecule has 14 heavy (non-hydrogen) atoms. The molecule has 0 aromatic heterocycles. The fourth-order valence-electron chi connectivity index (χ4n) is 1.17. The Morgan fingerprint density at radius 3 is 1.93 bits per heavy atom. The normalized spacial score (nSPS) is 19.1. The van der Waals surface area contributed by atoms with Gasteiger partial charge in [-0.2, -0.15) is 0 Å². The van der Waals surface area contributed by atoms with Gasteiger partial charge in [-0.05, 0) is 19.8 Å². The number of hydrogen-bond donors (Lipinski definition) is 4. The average molecular weight is 206 g/mol. The molecule has 3 unspecified atom stereocenters. The zero-order chi connectivity index (χ0) is 11.4. The second-order valence-corrected chi connectivity index (χ2v) is 4.64. The standard InChI is InChI=1S/C10H22O4/c1-7(12)4-8(13)5-9(14)10(2,3)6-11/h7-9,11-14H,4-6H2,1-3H3. The highest BCUT2D eigenvalue weighted by atomic mass is 16.3. The van der Waals surface area contributed by atoms with Crippen LogP contribution in [0.15, 0.2) is 0 Å². The SMILES string of the molecule is CC(O)CC(O)CC(O)C(C)(C)CO. The van der Waals surface area contributed by atoms with Crippen LogP contribution < -0.4 is 0 Å². The molecular weight excluding hydrogens is 184 g/mol. The van der Waals surface area contributed by atoms with Gasteiger partial charge in [0.15, 0.2) is 0 Å². The van der Waals surface area contributed by atoms with E-state index in [0.717, 1.165) is 0 Å². The van der Waals surface area contributed by atoms with E-state index in [-0.39, 0.29) is 19.4 Å². The Morgan fingerprint density at radius 2 is 1.57 bits per heavy atom. The zero-order valence-electron chi connectivity index (χ0n) is 9.14. The van der Waals surface area contributed by atoms with Crippen LogP contribution in [0.3, 0.4) is 0 Å². The predicted octanol–water partition coefficient (Wildman–Crippen LogP) is -0.112. The van der Waals surface area contributed by atoms with Gasteiger partial charge in [-0.1, -0.05) is 13.8 Å². The number of aliphatic hydroxyl groups is 4. The summed E-state index contributed by atoms with van der Waals surface area (Å²) >= 11 is 0. The van der Waals surface area contributed by atoms with Gasteiger partial charge >= 0.3 is 0 Å². The van der Waals surface area contributed by atoms with Crippen LogP contribution in [0, 0.1) is 5.41 Å². The Morgan fingerprint density at radius 1 is 1.07 bits per heavy atom. The highest BCUT2D eigenvalue weighted by Gasteiger charge is 2.29. The van der Waals surface area contributed by atoms with Gasteiger partial charge in [-0.25, -0.2) is 0 Å². The van der Waals surface area contributed by atoms with Crippen LogP contribution in [0.4, 0.5) is 0 Å². The smallest absolute Gasteiger partial charge is 0.0637 e. The molecule has 4 heteroatoms. The van der Waals surface area contributed by atoms with E-state index in [1.54, 1.807) is 20.8 Å².